The highest BCUT2D eigenvalue weighted by Crippen LogP contribution is 2.31. The Morgan fingerprint density at radius 3 is 2.65 bits per heavy atom. The van der Waals surface area contributed by atoms with Crippen molar-refractivity contribution in [1.29, 1.82) is 0 Å². The van der Waals surface area contributed by atoms with Crippen LogP contribution in [0.2, 0.25) is 5.02 Å². The van der Waals surface area contributed by atoms with Crippen LogP contribution in [-0.4, -0.2) is 48.9 Å². The lowest BCUT2D eigenvalue weighted by atomic mass is 10.2. The summed E-state index contributed by atoms with van der Waals surface area (Å²) in [6.45, 7) is 0.429. The number of hydrogen-bond acceptors (Lipinski definition) is 9. The van der Waals surface area contributed by atoms with Gasteiger partial charge in [-0.3, -0.25) is 9.36 Å². The molecule has 12 heteroatoms. The van der Waals surface area contributed by atoms with E-state index in [1.165, 1.54) is 10.9 Å². The second kappa shape index (κ2) is 8.94. The normalized spacial score (nSPS) is 11.1. The zero-order valence-corrected chi connectivity index (χ0v) is 18.9. The van der Waals surface area contributed by atoms with E-state index in [1.54, 1.807) is 49.2 Å². The van der Waals surface area contributed by atoms with Crippen LogP contribution in [0, 0.1) is 0 Å². The van der Waals surface area contributed by atoms with Gasteiger partial charge in [-0.05, 0) is 29.8 Å². The number of rotatable bonds is 7. The number of hydrogen-bond donors (Lipinski definition) is 0. The third-order valence-electron chi connectivity index (χ3n) is 5.16. The fraction of sp³-hybridized carbons (Fsp3) is 0.182. The molecule has 0 bridgehead atoms. The molecule has 172 valence electrons. The number of aromatic nitrogens is 7. The van der Waals surface area contributed by atoms with Crippen molar-refractivity contribution in [3.8, 4) is 22.9 Å². The smallest absolute Gasteiger partial charge is 0.283 e. The molecule has 0 spiro atoms. The highest BCUT2D eigenvalue weighted by molar-refractivity contribution is 6.30. The Hall–Kier alpha value is -4.25. The van der Waals surface area contributed by atoms with Crippen LogP contribution in [0.15, 0.2) is 58.1 Å². The predicted molar refractivity (Wildman–Crippen MR) is 122 cm³/mol. The number of benzene rings is 2. The van der Waals surface area contributed by atoms with Crippen LogP contribution < -0.4 is 15.0 Å². The number of nitrogens with zero attached hydrogens (tertiary/aromatic N) is 7. The molecular weight excluding hydrogens is 462 g/mol. The van der Waals surface area contributed by atoms with Gasteiger partial charge in [-0.25, -0.2) is 9.67 Å². The van der Waals surface area contributed by atoms with E-state index in [1.807, 2.05) is 12.1 Å². The molecule has 0 aliphatic heterocycles. The summed E-state index contributed by atoms with van der Waals surface area (Å²) in [6, 6.07) is 12.6. The second-order valence-corrected chi connectivity index (χ2v) is 7.74. The molecular formula is C22H18ClN7O4. The molecule has 0 aliphatic rings. The van der Waals surface area contributed by atoms with Gasteiger partial charge in [-0.2, -0.15) is 4.98 Å². The second-order valence-electron chi connectivity index (χ2n) is 7.30. The SMILES string of the molecule is COc1ccc(-c2noc(Cn3cnc4c(nnn4Cc4ccc(Cl)cc4)c3=O)n2)c(OC)c1. The van der Waals surface area contributed by atoms with Crippen molar-refractivity contribution < 1.29 is 14.0 Å². The molecule has 3 aromatic heterocycles. The highest BCUT2D eigenvalue weighted by atomic mass is 35.5. The Bertz CT molecular complexity index is 1520. The van der Waals surface area contributed by atoms with E-state index < -0.39 is 0 Å². The van der Waals surface area contributed by atoms with Gasteiger partial charge in [0.05, 0.1) is 26.3 Å². The Balaban J connectivity index is 1.40. The van der Waals surface area contributed by atoms with Crippen LogP contribution in [0.3, 0.4) is 0 Å². The summed E-state index contributed by atoms with van der Waals surface area (Å²) in [5.74, 6) is 1.72. The summed E-state index contributed by atoms with van der Waals surface area (Å²) in [5, 5.41) is 12.8. The van der Waals surface area contributed by atoms with E-state index >= 15 is 0 Å². The lowest BCUT2D eigenvalue weighted by Gasteiger charge is -2.07. The first kappa shape index (κ1) is 21.6. The predicted octanol–water partition coefficient (Wildman–Crippen LogP) is 2.81. The number of halogens is 1. The first-order valence-corrected chi connectivity index (χ1v) is 10.5. The molecule has 0 N–H and O–H groups in total. The third kappa shape index (κ3) is 4.08. The minimum absolute atomic E-state index is 0.0251. The fourth-order valence-corrected chi connectivity index (χ4v) is 3.55. The molecule has 0 radical (unpaired) electrons. The maximum absolute atomic E-state index is 13.0. The number of methoxy groups -OCH3 is 2. The van der Waals surface area contributed by atoms with Gasteiger partial charge >= 0.3 is 0 Å². The molecule has 0 saturated heterocycles. The minimum atomic E-state index is -0.367. The summed E-state index contributed by atoms with van der Waals surface area (Å²) in [7, 11) is 3.11. The fourth-order valence-electron chi connectivity index (χ4n) is 3.43. The molecule has 2 aromatic carbocycles. The molecule has 5 aromatic rings. The molecule has 0 aliphatic carbocycles. The van der Waals surface area contributed by atoms with Gasteiger partial charge in [0.15, 0.2) is 11.2 Å². The van der Waals surface area contributed by atoms with Crippen LogP contribution >= 0.6 is 11.6 Å². The summed E-state index contributed by atoms with van der Waals surface area (Å²) in [6.07, 6.45) is 1.41. The first-order valence-electron chi connectivity index (χ1n) is 10.1. The quantitative estimate of drug-likeness (QED) is 0.346. The summed E-state index contributed by atoms with van der Waals surface area (Å²) < 4.78 is 18.9. The van der Waals surface area contributed by atoms with Crippen molar-refractivity contribution >= 4 is 22.8 Å². The van der Waals surface area contributed by atoms with Crippen molar-refractivity contribution in [2.24, 2.45) is 0 Å². The van der Waals surface area contributed by atoms with Crippen molar-refractivity contribution in [1.82, 2.24) is 34.7 Å². The van der Waals surface area contributed by atoms with Crippen LogP contribution in [0.5, 0.6) is 11.5 Å². The van der Waals surface area contributed by atoms with E-state index in [9.17, 15) is 4.79 Å². The minimum Gasteiger partial charge on any atom is -0.497 e. The molecule has 3 heterocycles. The van der Waals surface area contributed by atoms with E-state index in [0.29, 0.717) is 40.1 Å². The van der Waals surface area contributed by atoms with Crippen LogP contribution in [0.25, 0.3) is 22.6 Å². The number of ether oxygens (including phenoxy) is 2. The van der Waals surface area contributed by atoms with Crippen LogP contribution in [0.4, 0.5) is 0 Å². The largest absolute Gasteiger partial charge is 0.497 e. The molecule has 11 nitrogen and oxygen atoms in total. The zero-order chi connectivity index (χ0) is 23.7. The standard InChI is InChI=1S/C22H18ClN7O4/c1-32-15-7-8-16(17(9-15)33-2)20-25-18(34-27-20)11-29-12-24-21-19(22(29)31)26-28-30(21)10-13-3-5-14(23)6-4-13/h3-9,12H,10-11H2,1-2H3. The van der Waals surface area contributed by atoms with Crippen molar-refractivity contribution in [3.63, 3.8) is 0 Å². The molecule has 0 amide bonds. The van der Waals surface area contributed by atoms with E-state index in [0.717, 1.165) is 5.56 Å². The Kier molecular flexibility index (Phi) is 5.68. The summed E-state index contributed by atoms with van der Waals surface area (Å²) in [5.41, 5.74) is 1.74. The van der Waals surface area contributed by atoms with Gasteiger partial charge in [0.1, 0.15) is 24.4 Å². The van der Waals surface area contributed by atoms with Gasteiger partial charge in [0, 0.05) is 11.1 Å². The maximum Gasteiger partial charge on any atom is 0.283 e. The third-order valence-corrected chi connectivity index (χ3v) is 5.41. The van der Waals surface area contributed by atoms with Crippen molar-refractivity contribution in [3.05, 3.63) is 75.6 Å². The average Bonchev–Trinajstić information content (AvgIpc) is 3.49. The maximum atomic E-state index is 13.0. The topological polar surface area (TPSA) is 123 Å². The van der Waals surface area contributed by atoms with E-state index in [4.69, 9.17) is 25.6 Å². The first-order chi connectivity index (χ1) is 16.6. The van der Waals surface area contributed by atoms with E-state index in [2.05, 4.69) is 25.4 Å². The van der Waals surface area contributed by atoms with E-state index in [-0.39, 0.29) is 23.5 Å². The monoisotopic (exact) mass is 479 g/mol. The Morgan fingerprint density at radius 2 is 1.88 bits per heavy atom. The lowest BCUT2D eigenvalue weighted by Crippen LogP contribution is -2.21. The van der Waals surface area contributed by atoms with Crippen LogP contribution in [-0.2, 0) is 13.1 Å². The highest BCUT2D eigenvalue weighted by Gasteiger charge is 2.17. The molecule has 34 heavy (non-hydrogen) atoms. The van der Waals surface area contributed by atoms with Gasteiger partial charge < -0.3 is 14.0 Å². The zero-order valence-electron chi connectivity index (χ0n) is 18.2. The average molecular weight is 480 g/mol. The van der Waals surface area contributed by atoms with Gasteiger partial charge in [0.25, 0.3) is 5.56 Å². The van der Waals surface area contributed by atoms with Crippen molar-refractivity contribution in [2.75, 3.05) is 14.2 Å². The lowest BCUT2D eigenvalue weighted by molar-refractivity contribution is 0.369. The molecule has 0 atom stereocenters. The Labute approximate surface area is 197 Å². The molecule has 0 unspecified atom stereocenters. The summed E-state index contributed by atoms with van der Waals surface area (Å²) >= 11 is 5.94. The number of fused-ring (bicyclic) bond motifs is 1. The Morgan fingerprint density at radius 1 is 1.06 bits per heavy atom. The molecule has 5 rings (SSSR count). The molecule has 0 fully saturated rings. The van der Waals surface area contributed by atoms with Gasteiger partial charge in [-0.15, -0.1) is 5.10 Å². The van der Waals surface area contributed by atoms with Crippen LogP contribution in [0.1, 0.15) is 11.5 Å². The molecule has 0 saturated carbocycles. The van der Waals surface area contributed by atoms with Crippen molar-refractivity contribution in [2.45, 2.75) is 13.1 Å². The van der Waals surface area contributed by atoms with Gasteiger partial charge in [-0.1, -0.05) is 34.1 Å². The summed E-state index contributed by atoms with van der Waals surface area (Å²) in [4.78, 5) is 21.7. The van der Waals surface area contributed by atoms with Gasteiger partial charge in [0.2, 0.25) is 11.7 Å².